The molecule has 5 heteroatoms. The molecule has 3 unspecified atom stereocenters. The van der Waals surface area contributed by atoms with E-state index in [0.29, 0.717) is 18.4 Å². The van der Waals surface area contributed by atoms with E-state index in [9.17, 15) is 9.59 Å². The molecule has 3 aliphatic rings. The molecule has 2 amide bonds. The number of piperazine rings is 1. The lowest BCUT2D eigenvalue weighted by Crippen LogP contribution is -2.51. The zero-order valence-corrected chi connectivity index (χ0v) is 14.4. The summed E-state index contributed by atoms with van der Waals surface area (Å²) in [6.07, 6.45) is 7.14. The van der Waals surface area contributed by atoms with Crippen molar-refractivity contribution < 1.29 is 9.59 Å². The molecule has 3 rings (SSSR count). The van der Waals surface area contributed by atoms with Crippen LogP contribution in [0.3, 0.4) is 0 Å². The first-order valence-electron chi connectivity index (χ1n) is 9.42. The van der Waals surface area contributed by atoms with Crippen molar-refractivity contribution in [3.05, 3.63) is 0 Å². The van der Waals surface area contributed by atoms with E-state index in [4.69, 9.17) is 0 Å². The zero-order valence-electron chi connectivity index (χ0n) is 14.4. The van der Waals surface area contributed by atoms with Gasteiger partial charge in [0.1, 0.15) is 0 Å². The zero-order chi connectivity index (χ0) is 16.2. The second kappa shape index (κ2) is 7.65. The van der Waals surface area contributed by atoms with Crippen molar-refractivity contribution in [2.75, 3.05) is 39.3 Å². The Morgan fingerprint density at radius 2 is 1.87 bits per heavy atom. The van der Waals surface area contributed by atoms with E-state index in [-0.39, 0.29) is 5.91 Å². The van der Waals surface area contributed by atoms with Gasteiger partial charge in [0.05, 0.1) is 6.54 Å². The summed E-state index contributed by atoms with van der Waals surface area (Å²) in [7, 11) is 0. The molecule has 2 bridgehead atoms. The Kier molecular flexibility index (Phi) is 5.57. The van der Waals surface area contributed by atoms with Crippen LogP contribution in [-0.4, -0.2) is 60.9 Å². The number of nitrogens with one attached hydrogen (secondary N) is 1. The molecule has 2 saturated carbocycles. The maximum absolute atomic E-state index is 12.5. The first-order chi connectivity index (χ1) is 11.2. The molecule has 0 aromatic carbocycles. The molecule has 1 N–H and O–H groups in total. The van der Waals surface area contributed by atoms with Crippen molar-refractivity contribution in [1.82, 2.24) is 15.1 Å². The summed E-state index contributed by atoms with van der Waals surface area (Å²) in [5.74, 6) is 2.84. The van der Waals surface area contributed by atoms with Crippen LogP contribution in [0, 0.1) is 17.8 Å². The van der Waals surface area contributed by atoms with E-state index in [1.165, 1.54) is 25.7 Å². The monoisotopic (exact) mass is 321 g/mol. The van der Waals surface area contributed by atoms with Crippen molar-refractivity contribution in [3.63, 3.8) is 0 Å². The molecule has 1 saturated heterocycles. The highest BCUT2D eigenvalue weighted by molar-refractivity contribution is 5.78. The first kappa shape index (κ1) is 16.7. The lowest BCUT2D eigenvalue weighted by Gasteiger charge is -2.35. The average molecular weight is 321 g/mol. The van der Waals surface area contributed by atoms with Gasteiger partial charge in [0.15, 0.2) is 0 Å². The molecule has 130 valence electrons. The highest BCUT2D eigenvalue weighted by Crippen LogP contribution is 2.49. The van der Waals surface area contributed by atoms with Gasteiger partial charge in [0.25, 0.3) is 0 Å². The standard InChI is InChI=1S/C18H31N3O2/c1-2-5-19-17(22)13-20-6-8-21(9-7-20)18(23)12-16-11-14-3-4-15(16)10-14/h14-16H,2-13H2,1H3,(H,19,22). The van der Waals surface area contributed by atoms with E-state index in [2.05, 4.69) is 17.1 Å². The lowest BCUT2D eigenvalue weighted by molar-refractivity contribution is -0.134. The van der Waals surface area contributed by atoms with Crippen LogP contribution >= 0.6 is 0 Å². The highest BCUT2D eigenvalue weighted by Gasteiger charge is 2.40. The van der Waals surface area contributed by atoms with Gasteiger partial charge in [-0.15, -0.1) is 0 Å². The summed E-state index contributed by atoms with van der Waals surface area (Å²) in [6.45, 7) is 6.47. The van der Waals surface area contributed by atoms with Crippen molar-refractivity contribution in [3.8, 4) is 0 Å². The largest absolute Gasteiger partial charge is 0.355 e. The van der Waals surface area contributed by atoms with Crippen LogP contribution in [0.2, 0.25) is 0 Å². The predicted molar refractivity (Wildman–Crippen MR) is 89.9 cm³/mol. The van der Waals surface area contributed by atoms with Crippen LogP contribution < -0.4 is 5.32 Å². The van der Waals surface area contributed by atoms with Crippen LogP contribution in [0.1, 0.15) is 45.4 Å². The number of rotatable bonds is 6. The Bertz CT molecular complexity index is 432. The minimum Gasteiger partial charge on any atom is -0.355 e. The van der Waals surface area contributed by atoms with Crippen molar-refractivity contribution in [1.29, 1.82) is 0 Å². The summed E-state index contributed by atoms with van der Waals surface area (Å²) >= 11 is 0. The third-order valence-corrected chi connectivity index (χ3v) is 5.99. The van der Waals surface area contributed by atoms with Gasteiger partial charge in [0, 0.05) is 39.1 Å². The van der Waals surface area contributed by atoms with Crippen molar-refractivity contribution in [2.45, 2.75) is 45.4 Å². The predicted octanol–water partition coefficient (Wildman–Crippen LogP) is 1.48. The Hall–Kier alpha value is -1.10. The Balaban J connectivity index is 1.37. The Labute approximate surface area is 139 Å². The minimum absolute atomic E-state index is 0.105. The number of carbonyl (C=O) groups is 2. The third kappa shape index (κ3) is 4.25. The van der Waals surface area contributed by atoms with Gasteiger partial charge >= 0.3 is 0 Å². The van der Waals surface area contributed by atoms with Crippen LogP contribution in [0.5, 0.6) is 0 Å². The molecule has 3 atom stereocenters. The number of hydrogen-bond donors (Lipinski definition) is 1. The SMILES string of the molecule is CCCNC(=O)CN1CCN(C(=O)CC2CC3CCC2C3)CC1. The third-order valence-electron chi connectivity index (χ3n) is 5.99. The maximum atomic E-state index is 12.5. The van der Waals surface area contributed by atoms with E-state index >= 15 is 0 Å². The maximum Gasteiger partial charge on any atom is 0.234 e. The molecule has 2 aliphatic carbocycles. The van der Waals surface area contributed by atoms with Gasteiger partial charge in [-0.3, -0.25) is 14.5 Å². The van der Waals surface area contributed by atoms with E-state index < -0.39 is 0 Å². The molecule has 1 aliphatic heterocycles. The van der Waals surface area contributed by atoms with Gasteiger partial charge in [-0.2, -0.15) is 0 Å². The van der Waals surface area contributed by atoms with Gasteiger partial charge < -0.3 is 10.2 Å². The number of amides is 2. The number of hydrogen-bond acceptors (Lipinski definition) is 3. The minimum atomic E-state index is 0.105. The smallest absolute Gasteiger partial charge is 0.234 e. The van der Waals surface area contributed by atoms with Crippen LogP contribution in [0.15, 0.2) is 0 Å². The molecule has 0 radical (unpaired) electrons. The number of nitrogens with zero attached hydrogens (tertiary/aromatic N) is 2. The van der Waals surface area contributed by atoms with Gasteiger partial charge in [-0.1, -0.05) is 13.3 Å². The number of carbonyl (C=O) groups excluding carboxylic acids is 2. The fourth-order valence-electron chi connectivity index (χ4n) is 4.66. The van der Waals surface area contributed by atoms with E-state index in [0.717, 1.165) is 57.4 Å². The molecule has 0 aromatic rings. The molecule has 5 nitrogen and oxygen atoms in total. The summed E-state index contributed by atoms with van der Waals surface area (Å²) in [4.78, 5) is 28.5. The molecule has 3 fully saturated rings. The number of fused-ring (bicyclic) bond motifs is 2. The molecule has 0 aromatic heterocycles. The van der Waals surface area contributed by atoms with Crippen molar-refractivity contribution >= 4 is 11.8 Å². The quantitative estimate of drug-likeness (QED) is 0.806. The van der Waals surface area contributed by atoms with Crippen molar-refractivity contribution in [2.24, 2.45) is 17.8 Å². The lowest BCUT2D eigenvalue weighted by atomic mass is 9.86. The van der Waals surface area contributed by atoms with Crippen LogP contribution in [0.4, 0.5) is 0 Å². The second-order valence-corrected chi connectivity index (χ2v) is 7.65. The van der Waals surface area contributed by atoms with E-state index in [1.54, 1.807) is 0 Å². The van der Waals surface area contributed by atoms with Gasteiger partial charge in [-0.05, 0) is 43.4 Å². The normalized spacial score (nSPS) is 30.7. The summed E-state index contributed by atoms with van der Waals surface area (Å²) in [5.41, 5.74) is 0. The molecule has 23 heavy (non-hydrogen) atoms. The molecule has 0 spiro atoms. The van der Waals surface area contributed by atoms with Crippen LogP contribution in [-0.2, 0) is 9.59 Å². The fourth-order valence-corrected chi connectivity index (χ4v) is 4.66. The molecular formula is C18H31N3O2. The fraction of sp³-hybridized carbons (Fsp3) is 0.889. The average Bonchev–Trinajstić information content (AvgIpc) is 3.16. The summed E-state index contributed by atoms with van der Waals surface area (Å²) in [5, 5.41) is 2.92. The summed E-state index contributed by atoms with van der Waals surface area (Å²) in [6, 6.07) is 0. The molecule has 1 heterocycles. The van der Waals surface area contributed by atoms with E-state index in [1.807, 2.05) is 4.90 Å². The highest BCUT2D eigenvalue weighted by atomic mass is 16.2. The second-order valence-electron chi connectivity index (χ2n) is 7.65. The first-order valence-corrected chi connectivity index (χ1v) is 9.42. The summed E-state index contributed by atoms with van der Waals surface area (Å²) < 4.78 is 0. The topological polar surface area (TPSA) is 52.7 Å². The Morgan fingerprint density at radius 3 is 2.48 bits per heavy atom. The van der Waals surface area contributed by atoms with Crippen LogP contribution in [0.25, 0.3) is 0 Å². The van der Waals surface area contributed by atoms with Gasteiger partial charge in [-0.25, -0.2) is 0 Å². The van der Waals surface area contributed by atoms with Gasteiger partial charge in [0.2, 0.25) is 11.8 Å². The Morgan fingerprint density at radius 1 is 1.09 bits per heavy atom. The molecular weight excluding hydrogens is 290 g/mol.